The van der Waals surface area contributed by atoms with Crippen molar-refractivity contribution in [2.75, 3.05) is 0 Å². The van der Waals surface area contributed by atoms with Gasteiger partial charge >= 0.3 is 0 Å². The van der Waals surface area contributed by atoms with Crippen LogP contribution in [0.3, 0.4) is 0 Å². The molecular formula is C7H12FN. The fourth-order valence-corrected chi connectivity index (χ4v) is 0.458. The maximum Gasteiger partial charge on any atom is 0.0830 e. The van der Waals surface area contributed by atoms with E-state index in [0.717, 1.165) is 0 Å². The van der Waals surface area contributed by atoms with E-state index in [1.54, 1.807) is 6.08 Å². The largest absolute Gasteiger partial charge is 0.324 e. The molecule has 2 unspecified atom stereocenters. The van der Waals surface area contributed by atoms with Crippen molar-refractivity contribution in [3.8, 4) is 0 Å². The van der Waals surface area contributed by atoms with Crippen molar-refractivity contribution < 1.29 is 4.39 Å². The highest BCUT2D eigenvalue weighted by atomic mass is 19.1. The Hall–Kier alpha value is -0.630. The van der Waals surface area contributed by atoms with E-state index < -0.39 is 0 Å². The number of rotatable bonds is 3. The van der Waals surface area contributed by atoms with Gasteiger partial charge in [0.05, 0.1) is 6.33 Å². The molecule has 0 radical (unpaired) electrons. The molecule has 0 aromatic heterocycles. The standard InChI is InChI=1S/C7H12FN/c1-3-7(9)6(2)4-5-8/h3-7H,1,9H2,2H3. The first-order valence-electron chi connectivity index (χ1n) is 2.87. The van der Waals surface area contributed by atoms with Crippen molar-refractivity contribution in [3.05, 3.63) is 25.1 Å². The predicted molar refractivity (Wildman–Crippen MR) is 37.6 cm³/mol. The Balaban J connectivity index is 3.71. The summed E-state index contributed by atoms with van der Waals surface area (Å²) in [5.41, 5.74) is 5.47. The zero-order chi connectivity index (χ0) is 7.28. The van der Waals surface area contributed by atoms with E-state index in [4.69, 9.17) is 5.73 Å². The molecule has 2 atom stereocenters. The number of hydrogen-bond acceptors (Lipinski definition) is 1. The molecule has 0 amide bonds. The molecule has 0 saturated heterocycles. The highest BCUT2D eigenvalue weighted by Crippen LogP contribution is 2.02. The topological polar surface area (TPSA) is 26.0 Å². The molecule has 0 aliphatic heterocycles. The molecule has 0 bridgehead atoms. The second-order valence-electron chi connectivity index (χ2n) is 1.99. The molecule has 0 fully saturated rings. The zero-order valence-electron chi connectivity index (χ0n) is 5.55. The van der Waals surface area contributed by atoms with Gasteiger partial charge in [0.15, 0.2) is 0 Å². The van der Waals surface area contributed by atoms with Gasteiger partial charge in [-0.2, -0.15) is 0 Å². The van der Waals surface area contributed by atoms with Crippen molar-refractivity contribution in [3.63, 3.8) is 0 Å². The highest BCUT2D eigenvalue weighted by molar-refractivity contribution is 4.95. The molecule has 0 aliphatic rings. The van der Waals surface area contributed by atoms with Crippen LogP contribution in [0.1, 0.15) is 6.92 Å². The summed E-state index contributed by atoms with van der Waals surface area (Å²) < 4.78 is 11.5. The maximum atomic E-state index is 11.5. The number of hydrogen-bond donors (Lipinski definition) is 1. The van der Waals surface area contributed by atoms with Crippen LogP contribution in [0.2, 0.25) is 0 Å². The summed E-state index contributed by atoms with van der Waals surface area (Å²) in [6.45, 7) is 5.32. The van der Waals surface area contributed by atoms with E-state index in [0.29, 0.717) is 6.33 Å². The van der Waals surface area contributed by atoms with Gasteiger partial charge in [-0.1, -0.05) is 19.1 Å². The Morgan fingerprint density at radius 2 is 2.22 bits per heavy atom. The molecule has 0 aliphatic carbocycles. The Bertz CT molecular complexity index is 109. The van der Waals surface area contributed by atoms with E-state index >= 15 is 0 Å². The smallest absolute Gasteiger partial charge is 0.0830 e. The van der Waals surface area contributed by atoms with Gasteiger partial charge in [0, 0.05) is 6.04 Å². The SMILES string of the molecule is C=CC(N)C(C)C=CF. The number of halogens is 1. The molecular weight excluding hydrogens is 117 g/mol. The van der Waals surface area contributed by atoms with Gasteiger partial charge in [-0.3, -0.25) is 0 Å². The van der Waals surface area contributed by atoms with E-state index in [1.165, 1.54) is 6.08 Å². The fraction of sp³-hybridized carbons (Fsp3) is 0.429. The van der Waals surface area contributed by atoms with Gasteiger partial charge in [-0.05, 0) is 5.92 Å². The molecule has 0 heterocycles. The van der Waals surface area contributed by atoms with Crippen LogP contribution in [0.25, 0.3) is 0 Å². The lowest BCUT2D eigenvalue weighted by Gasteiger charge is -2.09. The molecule has 0 aromatic rings. The van der Waals surface area contributed by atoms with Crippen LogP contribution >= 0.6 is 0 Å². The Kier molecular flexibility index (Phi) is 3.97. The van der Waals surface area contributed by atoms with Crippen LogP contribution in [0, 0.1) is 5.92 Å². The third-order valence-corrected chi connectivity index (χ3v) is 1.26. The summed E-state index contributed by atoms with van der Waals surface area (Å²) in [6.07, 6.45) is 3.52. The minimum absolute atomic E-state index is 0.0347. The van der Waals surface area contributed by atoms with Crippen molar-refractivity contribution in [1.82, 2.24) is 0 Å². The predicted octanol–water partition coefficient (Wildman–Crippen LogP) is 1.62. The molecule has 0 saturated carbocycles. The van der Waals surface area contributed by atoms with Gasteiger partial charge in [0.1, 0.15) is 0 Å². The van der Waals surface area contributed by atoms with Crippen LogP contribution in [0.15, 0.2) is 25.1 Å². The van der Waals surface area contributed by atoms with Gasteiger partial charge in [-0.15, -0.1) is 6.58 Å². The molecule has 9 heavy (non-hydrogen) atoms. The lowest BCUT2D eigenvalue weighted by atomic mass is 10.0. The summed E-state index contributed by atoms with van der Waals surface area (Å²) >= 11 is 0. The Morgan fingerprint density at radius 1 is 1.67 bits per heavy atom. The summed E-state index contributed by atoms with van der Waals surface area (Å²) in [4.78, 5) is 0. The van der Waals surface area contributed by atoms with Crippen molar-refractivity contribution in [2.45, 2.75) is 13.0 Å². The average Bonchev–Trinajstić information content (AvgIpc) is 1.87. The second kappa shape index (κ2) is 4.27. The maximum absolute atomic E-state index is 11.5. The van der Waals surface area contributed by atoms with E-state index in [9.17, 15) is 4.39 Å². The highest BCUT2D eigenvalue weighted by Gasteiger charge is 2.03. The van der Waals surface area contributed by atoms with Crippen LogP contribution in [-0.2, 0) is 0 Å². The van der Waals surface area contributed by atoms with Crippen molar-refractivity contribution in [1.29, 1.82) is 0 Å². The summed E-state index contributed by atoms with van der Waals surface area (Å²) in [5.74, 6) is 0.0347. The lowest BCUT2D eigenvalue weighted by molar-refractivity contribution is 0.610. The quantitative estimate of drug-likeness (QED) is 0.576. The minimum Gasteiger partial charge on any atom is -0.324 e. The monoisotopic (exact) mass is 129 g/mol. The summed E-state index contributed by atoms with van der Waals surface area (Å²) in [5, 5.41) is 0. The molecule has 0 rings (SSSR count). The van der Waals surface area contributed by atoms with E-state index in [2.05, 4.69) is 6.58 Å². The molecule has 0 spiro atoms. The summed E-state index contributed by atoms with van der Waals surface area (Å²) in [6, 6.07) is -0.142. The second-order valence-corrected chi connectivity index (χ2v) is 1.99. The first-order valence-corrected chi connectivity index (χ1v) is 2.87. The van der Waals surface area contributed by atoms with Gasteiger partial charge < -0.3 is 5.73 Å². The molecule has 1 nitrogen and oxygen atoms in total. The van der Waals surface area contributed by atoms with Crippen LogP contribution in [-0.4, -0.2) is 6.04 Å². The molecule has 2 heteroatoms. The van der Waals surface area contributed by atoms with Gasteiger partial charge in [0.2, 0.25) is 0 Å². The minimum atomic E-state index is -0.142. The van der Waals surface area contributed by atoms with Crippen LogP contribution in [0.4, 0.5) is 4.39 Å². The van der Waals surface area contributed by atoms with Gasteiger partial charge in [0.25, 0.3) is 0 Å². The zero-order valence-corrected chi connectivity index (χ0v) is 5.55. The van der Waals surface area contributed by atoms with Gasteiger partial charge in [-0.25, -0.2) is 4.39 Å². The van der Waals surface area contributed by atoms with Crippen LogP contribution < -0.4 is 5.73 Å². The third kappa shape index (κ3) is 3.03. The summed E-state index contributed by atoms with van der Waals surface area (Å²) in [7, 11) is 0. The molecule has 52 valence electrons. The van der Waals surface area contributed by atoms with E-state index in [1.807, 2.05) is 6.92 Å². The average molecular weight is 129 g/mol. The lowest BCUT2D eigenvalue weighted by Crippen LogP contribution is -2.23. The van der Waals surface area contributed by atoms with Crippen molar-refractivity contribution in [2.24, 2.45) is 11.7 Å². The fourth-order valence-electron chi connectivity index (χ4n) is 0.458. The molecule has 2 N–H and O–H groups in total. The number of nitrogens with two attached hydrogens (primary N) is 1. The van der Waals surface area contributed by atoms with Crippen molar-refractivity contribution >= 4 is 0 Å². The Morgan fingerprint density at radius 3 is 2.56 bits per heavy atom. The first-order chi connectivity index (χ1) is 4.22. The van der Waals surface area contributed by atoms with Crippen LogP contribution in [0.5, 0.6) is 0 Å². The first kappa shape index (κ1) is 8.37. The van der Waals surface area contributed by atoms with E-state index in [-0.39, 0.29) is 12.0 Å². The normalized spacial score (nSPS) is 17.7. The Labute approximate surface area is 55.1 Å². The third-order valence-electron chi connectivity index (χ3n) is 1.26. The molecule has 0 aromatic carbocycles.